The van der Waals surface area contributed by atoms with Crippen molar-refractivity contribution >= 4 is 28.8 Å². The molecule has 18 heavy (non-hydrogen) atoms. The van der Waals surface area contributed by atoms with Crippen LogP contribution in [0.5, 0.6) is 0 Å². The van der Waals surface area contributed by atoms with E-state index in [4.69, 9.17) is 11.6 Å². The van der Waals surface area contributed by atoms with Crippen molar-refractivity contribution in [2.75, 3.05) is 5.32 Å². The van der Waals surface area contributed by atoms with Gasteiger partial charge in [0.2, 0.25) is 5.82 Å². The van der Waals surface area contributed by atoms with Crippen LogP contribution in [0.4, 0.5) is 17.2 Å². The van der Waals surface area contributed by atoms with Crippen molar-refractivity contribution in [2.45, 2.75) is 5.88 Å². The number of para-hydroxylation sites is 1. The van der Waals surface area contributed by atoms with E-state index in [1.165, 1.54) is 6.33 Å². The molecule has 0 spiro atoms. The number of anilines is 2. The molecule has 2 rings (SSSR count). The molecule has 1 aromatic carbocycles. The first-order chi connectivity index (χ1) is 8.72. The molecular weight excluding hydrogens is 256 g/mol. The van der Waals surface area contributed by atoms with Gasteiger partial charge in [-0.1, -0.05) is 18.2 Å². The molecule has 0 radical (unpaired) electrons. The number of halogens is 1. The minimum atomic E-state index is -0.539. The Kier molecular flexibility index (Phi) is 3.69. The summed E-state index contributed by atoms with van der Waals surface area (Å²) in [5.41, 5.74) is 0.700. The van der Waals surface area contributed by atoms with Gasteiger partial charge in [-0.2, -0.15) is 0 Å². The average Bonchev–Trinajstić information content (AvgIpc) is 2.39. The third kappa shape index (κ3) is 2.54. The van der Waals surface area contributed by atoms with Crippen molar-refractivity contribution in [3.05, 3.63) is 52.5 Å². The van der Waals surface area contributed by atoms with Crippen LogP contribution in [0.2, 0.25) is 0 Å². The van der Waals surface area contributed by atoms with Gasteiger partial charge in [0.05, 0.1) is 10.8 Å². The Balaban J connectivity index is 2.42. The van der Waals surface area contributed by atoms with Crippen molar-refractivity contribution < 1.29 is 4.92 Å². The van der Waals surface area contributed by atoms with Crippen LogP contribution in [0.25, 0.3) is 0 Å². The fourth-order valence-corrected chi connectivity index (χ4v) is 1.65. The third-order valence-electron chi connectivity index (χ3n) is 2.24. The monoisotopic (exact) mass is 264 g/mol. The van der Waals surface area contributed by atoms with Crippen molar-refractivity contribution in [3.8, 4) is 0 Å². The topological polar surface area (TPSA) is 81.0 Å². The van der Waals surface area contributed by atoms with Crippen molar-refractivity contribution in [1.82, 2.24) is 9.97 Å². The Morgan fingerprint density at radius 2 is 2.00 bits per heavy atom. The van der Waals surface area contributed by atoms with E-state index < -0.39 is 4.92 Å². The Labute approximate surface area is 108 Å². The summed E-state index contributed by atoms with van der Waals surface area (Å²) < 4.78 is 0. The highest BCUT2D eigenvalue weighted by atomic mass is 35.5. The first-order valence-electron chi connectivity index (χ1n) is 5.08. The lowest BCUT2D eigenvalue weighted by Crippen LogP contribution is -2.04. The quantitative estimate of drug-likeness (QED) is 0.522. The highest BCUT2D eigenvalue weighted by Crippen LogP contribution is 2.28. The molecule has 2 aromatic rings. The lowest BCUT2D eigenvalue weighted by Gasteiger charge is -2.07. The molecular formula is C11H9ClN4O2. The van der Waals surface area contributed by atoms with E-state index in [0.717, 1.165) is 0 Å². The standard InChI is InChI=1S/C11H9ClN4O2/c12-6-9-10(16(17)18)11(14-7-13-9)15-8-4-2-1-3-5-8/h1-5,7H,6H2,(H,13,14,15). The van der Waals surface area contributed by atoms with Gasteiger partial charge in [0.15, 0.2) is 0 Å². The van der Waals surface area contributed by atoms with Gasteiger partial charge in [0, 0.05) is 5.69 Å². The number of nitrogens with zero attached hydrogens (tertiary/aromatic N) is 3. The summed E-state index contributed by atoms with van der Waals surface area (Å²) in [6.45, 7) is 0. The summed E-state index contributed by atoms with van der Waals surface area (Å²) in [6.07, 6.45) is 1.25. The smallest absolute Gasteiger partial charge is 0.334 e. The van der Waals surface area contributed by atoms with Gasteiger partial charge in [-0.3, -0.25) is 10.1 Å². The molecule has 0 fully saturated rings. The van der Waals surface area contributed by atoms with Crippen LogP contribution in [-0.2, 0) is 5.88 Å². The Morgan fingerprint density at radius 1 is 1.28 bits per heavy atom. The zero-order chi connectivity index (χ0) is 13.0. The van der Waals surface area contributed by atoms with Gasteiger partial charge in [0.25, 0.3) is 0 Å². The van der Waals surface area contributed by atoms with E-state index in [1.807, 2.05) is 18.2 Å². The first kappa shape index (κ1) is 12.3. The largest absolute Gasteiger partial charge is 0.334 e. The second-order valence-corrected chi connectivity index (χ2v) is 3.67. The summed E-state index contributed by atoms with van der Waals surface area (Å²) in [6, 6.07) is 9.05. The zero-order valence-corrected chi connectivity index (χ0v) is 9.96. The summed E-state index contributed by atoms with van der Waals surface area (Å²) in [7, 11) is 0. The molecule has 0 aliphatic heterocycles. The van der Waals surface area contributed by atoms with Gasteiger partial charge >= 0.3 is 5.69 Å². The summed E-state index contributed by atoms with van der Waals surface area (Å²) in [5.74, 6) is 0.0966. The van der Waals surface area contributed by atoms with E-state index in [2.05, 4.69) is 15.3 Å². The lowest BCUT2D eigenvalue weighted by molar-refractivity contribution is -0.385. The number of benzene rings is 1. The van der Waals surface area contributed by atoms with Crippen LogP contribution in [0.3, 0.4) is 0 Å². The second-order valence-electron chi connectivity index (χ2n) is 3.40. The molecule has 1 aromatic heterocycles. The van der Waals surface area contributed by atoms with Crippen LogP contribution in [-0.4, -0.2) is 14.9 Å². The number of nitrogens with one attached hydrogen (secondary N) is 1. The van der Waals surface area contributed by atoms with Crippen LogP contribution >= 0.6 is 11.6 Å². The van der Waals surface area contributed by atoms with Gasteiger partial charge < -0.3 is 5.32 Å². The Hall–Kier alpha value is -2.21. The van der Waals surface area contributed by atoms with Gasteiger partial charge in [-0.05, 0) is 12.1 Å². The molecule has 6 nitrogen and oxygen atoms in total. The number of aromatic nitrogens is 2. The number of hydrogen-bond donors (Lipinski definition) is 1. The second kappa shape index (κ2) is 5.42. The van der Waals surface area contributed by atoms with Crippen molar-refractivity contribution in [2.24, 2.45) is 0 Å². The normalized spacial score (nSPS) is 10.1. The van der Waals surface area contributed by atoms with Crippen LogP contribution < -0.4 is 5.32 Å². The predicted octanol–water partition coefficient (Wildman–Crippen LogP) is 2.87. The minimum Gasteiger partial charge on any atom is -0.334 e. The molecule has 1 N–H and O–H groups in total. The number of nitro groups is 1. The predicted molar refractivity (Wildman–Crippen MR) is 68.0 cm³/mol. The SMILES string of the molecule is O=[N+]([O-])c1c(CCl)ncnc1Nc1ccccc1. The molecule has 92 valence electrons. The maximum atomic E-state index is 11.0. The zero-order valence-electron chi connectivity index (χ0n) is 9.21. The van der Waals surface area contributed by atoms with E-state index in [-0.39, 0.29) is 23.1 Å². The van der Waals surface area contributed by atoms with Crippen LogP contribution in [0.1, 0.15) is 5.69 Å². The minimum absolute atomic E-state index is 0.0394. The van der Waals surface area contributed by atoms with Crippen molar-refractivity contribution in [3.63, 3.8) is 0 Å². The van der Waals surface area contributed by atoms with E-state index >= 15 is 0 Å². The van der Waals surface area contributed by atoms with E-state index in [1.54, 1.807) is 12.1 Å². The highest BCUT2D eigenvalue weighted by Gasteiger charge is 2.21. The fourth-order valence-electron chi connectivity index (χ4n) is 1.45. The van der Waals surface area contributed by atoms with Gasteiger partial charge in [0.1, 0.15) is 12.0 Å². The molecule has 0 saturated heterocycles. The number of rotatable bonds is 4. The third-order valence-corrected chi connectivity index (χ3v) is 2.50. The van der Waals surface area contributed by atoms with E-state index in [9.17, 15) is 10.1 Å². The molecule has 0 aliphatic rings. The van der Waals surface area contributed by atoms with Crippen LogP contribution in [0.15, 0.2) is 36.7 Å². The Morgan fingerprint density at radius 3 is 2.61 bits per heavy atom. The summed E-state index contributed by atoms with van der Waals surface area (Å²) in [4.78, 5) is 18.2. The van der Waals surface area contributed by atoms with Crippen molar-refractivity contribution in [1.29, 1.82) is 0 Å². The number of alkyl halides is 1. The van der Waals surface area contributed by atoms with Gasteiger partial charge in [-0.15, -0.1) is 11.6 Å². The molecule has 0 unspecified atom stereocenters. The summed E-state index contributed by atoms with van der Waals surface area (Å²) >= 11 is 5.63. The highest BCUT2D eigenvalue weighted by molar-refractivity contribution is 6.17. The van der Waals surface area contributed by atoms with Gasteiger partial charge in [-0.25, -0.2) is 9.97 Å². The van der Waals surface area contributed by atoms with Crippen LogP contribution in [0, 0.1) is 10.1 Å². The molecule has 0 aliphatic carbocycles. The van der Waals surface area contributed by atoms with E-state index in [0.29, 0.717) is 5.69 Å². The number of hydrogen-bond acceptors (Lipinski definition) is 5. The molecule has 0 bridgehead atoms. The molecule has 0 saturated carbocycles. The summed E-state index contributed by atoms with van der Waals surface area (Å²) in [5, 5.41) is 13.9. The maximum Gasteiger partial charge on any atom is 0.334 e. The molecule has 7 heteroatoms. The fraction of sp³-hybridized carbons (Fsp3) is 0.0909. The maximum absolute atomic E-state index is 11.0. The average molecular weight is 265 g/mol. The molecule has 0 amide bonds. The Bertz CT molecular complexity index is 562. The molecule has 1 heterocycles. The lowest BCUT2D eigenvalue weighted by atomic mass is 10.3. The molecule has 0 atom stereocenters. The first-order valence-corrected chi connectivity index (χ1v) is 5.62.